The third-order valence-corrected chi connectivity index (χ3v) is 4.73. The van der Waals surface area contributed by atoms with E-state index in [0.29, 0.717) is 0 Å². The minimum atomic E-state index is -0.337. The van der Waals surface area contributed by atoms with E-state index in [1.807, 2.05) is 12.1 Å². The van der Waals surface area contributed by atoms with Gasteiger partial charge in [-0.05, 0) is 24.1 Å². The molecule has 0 bridgehead atoms. The van der Waals surface area contributed by atoms with E-state index in [9.17, 15) is 4.79 Å². The van der Waals surface area contributed by atoms with Crippen molar-refractivity contribution < 1.29 is 4.74 Å². The van der Waals surface area contributed by atoms with Crippen molar-refractivity contribution in [2.45, 2.75) is 6.42 Å². The summed E-state index contributed by atoms with van der Waals surface area (Å²) in [7, 11) is 1.68. The van der Waals surface area contributed by atoms with Crippen LogP contribution in [0.15, 0.2) is 35.3 Å². The Hall–Kier alpha value is -2.05. The van der Waals surface area contributed by atoms with Gasteiger partial charge in [-0.1, -0.05) is 23.7 Å². The molecule has 24 heavy (non-hydrogen) atoms. The molecule has 2 heterocycles. The molecular formula is C17H21ClN4O2. The molecule has 1 fully saturated rings. The fraction of sp³-hybridized carbons (Fsp3) is 0.412. The number of ether oxygens (including phenoxy) is 1. The van der Waals surface area contributed by atoms with E-state index in [1.54, 1.807) is 13.3 Å². The van der Waals surface area contributed by atoms with Crippen molar-refractivity contribution in [1.82, 2.24) is 15.1 Å². The standard InChI is InChI=1S/C17H21ClN4O2/c1-24-14-4-2-13(3-5-14)6-7-21-8-10-22(11-9-21)15-12-19-20-17(23)16(15)18/h2-5,12H,6-11H2,1H3,(H,20,23). The van der Waals surface area contributed by atoms with Gasteiger partial charge in [0.25, 0.3) is 5.56 Å². The number of H-pyrrole nitrogens is 1. The maximum atomic E-state index is 11.6. The third kappa shape index (κ3) is 3.88. The van der Waals surface area contributed by atoms with Crippen LogP contribution in [0.1, 0.15) is 5.56 Å². The number of methoxy groups -OCH3 is 1. The average molecular weight is 349 g/mol. The molecule has 128 valence electrons. The number of piperazine rings is 1. The number of aromatic amines is 1. The number of nitrogens with one attached hydrogen (secondary N) is 1. The maximum Gasteiger partial charge on any atom is 0.285 e. The van der Waals surface area contributed by atoms with Gasteiger partial charge in [0.05, 0.1) is 19.0 Å². The van der Waals surface area contributed by atoms with Gasteiger partial charge in [0, 0.05) is 32.7 Å². The van der Waals surface area contributed by atoms with Gasteiger partial charge in [-0.15, -0.1) is 0 Å². The summed E-state index contributed by atoms with van der Waals surface area (Å²) >= 11 is 6.08. The van der Waals surface area contributed by atoms with Gasteiger partial charge in [0.2, 0.25) is 0 Å². The molecule has 7 heteroatoms. The highest BCUT2D eigenvalue weighted by atomic mass is 35.5. The van der Waals surface area contributed by atoms with E-state index in [-0.39, 0.29) is 10.6 Å². The molecule has 0 spiro atoms. The van der Waals surface area contributed by atoms with Gasteiger partial charge in [0.1, 0.15) is 10.8 Å². The summed E-state index contributed by atoms with van der Waals surface area (Å²) in [5.41, 5.74) is 1.69. The Kier molecular flexibility index (Phi) is 5.37. The van der Waals surface area contributed by atoms with Crippen LogP contribution in [0.5, 0.6) is 5.75 Å². The topological polar surface area (TPSA) is 61.5 Å². The fourth-order valence-electron chi connectivity index (χ4n) is 2.89. The number of hydrogen-bond donors (Lipinski definition) is 1. The van der Waals surface area contributed by atoms with Crippen molar-refractivity contribution in [3.63, 3.8) is 0 Å². The Morgan fingerprint density at radius 2 is 1.92 bits per heavy atom. The lowest BCUT2D eigenvalue weighted by Gasteiger charge is -2.36. The number of halogens is 1. The quantitative estimate of drug-likeness (QED) is 0.892. The van der Waals surface area contributed by atoms with Crippen LogP contribution in [-0.2, 0) is 6.42 Å². The smallest absolute Gasteiger partial charge is 0.285 e. The van der Waals surface area contributed by atoms with Crippen molar-refractivity contribution in [2.24, 2.45) is 0 Å². The molecule has 1 aromatic heterocycles. The highest BCUT2D eigenvalue weighted by Crippen LogP contribution is 2.21. The second-order valence-electron chi connectivity index (χ2n) is 5.83. The summed E-state index contributed by atoms with van der Waals surface area (Å²) in [6.07, 6.45) is 2.63. The number of nitrogens with zero attached hydrogens (tertiary/aromatic N) is 3. The van der Waals surface area contributed by atoms with Crippen molar-refractivity contribution in [3.8, 4) is 5.75 Å². The Morgan fingerprint density at radius 3 is 2.58 bits per heavy atom. The summed E-state index contributed by atoms with van der Waals surface area (Å²) in [5.74, 6) is 0.885. The molecular weight excluding hydrogens is 328 g/mol. The lowest BCUT2D eigenvalue weighted by atomic mass is 10.1. The lowest BCUT2D eigenvalue weighted by molar-refractivity contribution is 0.261. The van der Waals surface area contributed by atoms with Crippen LogP contribution in [0.25, 0.3) is 0 Å². The second-order valence-corrected chi connectivity index (χ2v) is 6.20. The van der Waals surface area contributed by atoms with E-state index in [4.69, 9.17) is 16.3 Å². The van der Waals surface area contributed by atoms with Crippen LogP contribution >= 0.6 is 11.6 Å². The van der Waals surface area contributed by atoms with Crippen LogP contribution in [0.2, 0.25) is 5.02 Å². The van der Waals surface area contributed by atoms with Crippen molar-refractivity contribution in [2.75, 3.05) is 44.7 Å². The number of hydrogen-bond acceptors (Lipinski definition) is 5. The van der Waals surface area contributed by atoms with Crippen molar-refractivity contribution >= 4 is 17.3 Å². The van der Waals surface area contributed by atoms with Crippen LogP contribution in [-0.4, -0.2) is 54.9 Å². The van der Waals surface area contributed by atoms with Gasteiger partial charge in [0.15, 0.2) is 0 Å². The van der Waals surface area contributed by atoms with E-state index in [2.05, 4.69) is 32.1 Å². The summed E-state index contributed by atoms with van der Waals surface area (Å²) in [6.45, 7) is 4.58. The Morgan fingerprint density at radius 1 is 1.21 bits per heavy atom. The second kappa shape index (κ2) is 7.68. The third-order valence-electron chi connectivity index (χ3n) is 4.37. The molecule has 1 N–H and O–H groups in total. The summed E-state index contributed by atoms with van der Waals surface area (Å²) < 4.78 is 5.18. The largest absolute Gasteiger partial charge is 0.497 e. The predicted molar refractivity (Wildman–Crippen MR) is 95.2 cm³/mol. The molecule has 1 aliphatic rings. The van der Waals surface area contributed by atoms with Gasteiger partial charge in [-0.3, -0.25) is 9.69 Å². The molecule has 2 aromatic rings. The molecule has 0 radical (unpaired) electrons. The molecule has 6 nitrogen and oxygen atoms in total. The molecule has 0 aliphatic carbocycles. The zero-order valence-corrected chi connectivity index (χ0v) is 14.4. The van der Waals surface area contributed by atoms with Crippen molar-refractivity contribution in [1.29, 1.82) is 0 Å². The highest BCUT2D eigenvalue weighted by molar-refractivity contribution is 6.32. The van der Waals surface area contributed by atoms with Crippen LogP contribution in [0, 0.1) is 0 Å². The van der Waals surface area contributed by atoms with E-state index >= 15 is 0 Å². The normalized spacial score (nSPS) is 15.5. The highest BCUT2D eigenvalue weighted by Gasteiger charge is 2.20. The zero-order valence-electron chi connectivity index (χ0n) is 13.7. The summed E-state index contributed by atoms with van der Waals surface area (Å²) in [5, 5.41) is 6.41. The summed E-state index contributed by atoms with van der Waals surface area (Å²) in [6, 6.07) is 8.21. The van der Waals surface area contributed by atoms with Gasteiger partial charge in [-0.2, -0.15) is 5.10 Å². The first-order valence-electron chi connectivity index (χ1n) is 8.01. The zero-order chi connectivity index (χ0) is 16.9. The molecule has 0 saturated carbocycles. The molecule has 0 atom stereocenters. The molecule has 0 unspecified atom stereocenters. The molecule has 1 aliphatic heterocycles. The molecule has 1 saturated heterocycles. The summed E-state index contributed by atoms with van der Waals surface area (Å²) in [4.78, 5) is 16.1. The number of benzene rings is 1. The SMILES string of the molecule is COc1ccc(CCN2CCN(c3cn[nH]c(=O)c3Cl)CC2)cc1. The number of aromatic nitrogens is 2. The first kappa shape index (κ1) is 16.8. The Labute approximate surface area is 146 Å². The molecule has 1 aromatic carbocycles. The van der Waals surface area contributed by atoms with E-state index in [0.717, 1.165) is 50.6 Å². The van der Waals surface area contributed by atoms with Crippen LogP contribution in [0.3, 0.4) is 0 Å². The minimum absolute atomic E-state index is 0.219. The Bertz CT molecular complexity index is 724. The first-order chi connectivity index (χ1) is 11.7. The van der Waals surface area contributed by atoms with E-state index in [1.165, 1.54) is 5.56 Å². The minimum Gasteiger partial charge on any atom is -0.497 e. The monoisotopic (exact) mass is 348 g/mol. The van der Waals surface area contributed by atoms with Gasteiger partial charge >= 0.3 is 0 Å². The van der Waals surface area contributed by atoms with Crippen molar-refractivity contribution in [3.05, 3.63) is 51.4 Å². The Balaban J connectivity index is 1.51. The fourth-order valence-corrected chi connectivity index (χ4v) is 3.10. The predicted octanol–water partition coefficient (Wildman–Crippen LogP) is 1.80. The van der Waals surface area contributed by atoms with Crippen LogP contribution < -0.4 is 15.2 Å². The maximum absolute atomic E-state index is 11.6. The van der Waals surface area contributed by atoms with Gasteiger partial charge in [-0.25, -0.2) is 5.10 Å². The molecule has 3 rings (SSSR count). The molecule has 0 amide bonds. The number of anilines is 1. The van der Waals surface area contributed by atoms with E-state index < -0.39 is 0 Å². The number of rotatable bonds is 5. The first-order valence-corrected chi connectivity index (χ1v) is 8.38. The van der Waals surface area contributed by atoms with Crippen LogP contribution in [0.4, 0.5) is 5.69 Å². The van der Waals surface area contributed by atoms with Gasteiger partial charge < -0.3 is 9.64 Å². The lowest BCUT2D eigenvalue weighted by Crippen LogP contribution is -2.47. The average Bonchev–Trinajstić information content (AvgIpc) is 2.63.